The lowest BCUT2D eigenvalue weighted by Crippen LogP contribution is -2.55. The minimum absolute atomic E-state index is 0.0459. The Kier molecular flexibility index (Phi) is 45.2. The topological polar surface area (TPSA) is 102 Å². The molecule has 8 nitrogen and oxygen atoms in total. The molecule has 0 aliphatic heterocycles. The molecule has 0 bridgehead atoms. The lowest BCUT2D eigenvalue weighted by atomic mass is 10.0. The van der Waals surface area contributed by atoms with Crippen LogP contribution in [0.5, 0.6) is 0 Å². The average molecular weight is 892 g/mol. The summed E-state index contributed by atoms with van der Waals surface area (Å²) in [6.07, 6.45) is 52.4. The number of hydrogen-bond donors (Lipinski definition) is 0. The van der Waals surface area contributed by atoms with Crippen molar-refractivity contribution < 1.29 is 38.2 Å². The lowest BCUT2D eigenvalue weighted by molar-refractivity contribution is -0.889. The molecule has 8 heteroatoms. The van der Waals surface area contributed by atoms with E-state index in [4.69, 9.17) is 14.2 Å². The summed E-state index contributed by atoms with van der Waals surface area (Å²) in [5.41, 5.74) is 0. The number of nitrogens with zero attached hydrogens (tertiary/aromatic N) is 1. The zero-order valence-electron chi connectivity index (χ0n) is 42.5. The largest absolute Gasteiger partial charge is 0.544 e. The van der Waals surface area contributed by atoms with Gasteiger partial charge in [0, 0.05) is 19.3 Å². The van der Waals surface area contributed by atoms with Crippen LogP contribution >= 0.6 is 0 Å². The van der Waals surface area contributed by atoms with Gasteiger partial charge in [-0.15, -0.1) is 0 Å². The maximum atomic E-state index is 12.8. The van der Waals surface area contributed by atoms with E-state index in [-0.39, 0.29) is 42.7 Å². The first kappa shape index (κ1) is 61.1. The Bertz CT molecular complexity index is 1040. The molecule has 0 aliphatic rings. The van der Waals surface area contributed by atoms with Crippen molar-refractivity contribution in [1.29, 1.82) is 0 Å². The molecule has 2 atom stereocenters. The van der Waals surface area contributed by atoms with Crippen LogP contribution < -0.4 is 5.11 Å². The molecule has 0 spiro atoms. The summed E-state index contributed by atoms with van der Waals surface area (Å²) in [5, 5.41) is 11.7. The van der Waals surface area contributed by atoms with Crippen LogP contribution in [0.4, 0.5) is 0 Å². The molecular formula is C55H105NO7. The summed E-state index contributed by atoms with van der Waals surface area (Å²) >= 11 is 0. The van der Waals surface area contributed by atoms with E-state index in [1.807, 2.05) is 21.1 Å². The highest BCUT2D eigenvalue weighted by Crippen LogP contribution is 2.17. The molecule has 0 aromatic carbocycles. The van der Waals surface area contributed by atoms with Crippen LogP contribution in [0.1, 0.15) is 271 Å². The van der Waals surface area contributed by atoms with Crippen LogP contribution in [-0.2, 0) is 28.6 Å². The molecule has 0 saturated heterocycles. The Labute approximate surface area is 390 Å². The van der Waals surface area contributed by atoms with E-state index in [9.17, 15) is 19.5 Å². The summed E-state index contributed by atoms with van der Waals surface area (Å²) in [7, 11) is 5.43. The Balaban J connectivity index is 4.18. The third kappa shape index (κ3) is 45.0. The fraction of sp³-hybridized carbons (Fsp3) is 0.909. The number of carboxylic acid groups (broad SMARTS) is 1. The Morgan fingerprint density at radius 1 is 0.460 bits per heavy atom. The Morgan fingerprint density at radius 2 is 0.794 bits per heavy atom. The van der Waals surface area contributed by atoms with Gasteiger partial charge in [-0.05, 0) is 38.5 Å². The van der Waals surface area contributed by atoms with Gasteiger partial charge in [0.2, 0.25) is 0 Å². The van der Waals surface area contributed by atoms with Crippen molar-refractivity contribution in [3.63, 3.8) is 0 Å². The van der Waals surface area contributed by atoms with E-state index in [2.05, 4.69) is 26.0 Å². The van der Waals surface area contributed by atoms with E-state index >= 15 is 0 Å². The second-order valence-electron chi connectivity index (χ2n) is 19.8. The van der Waals surface area contributed by atoms with Crippen molar-refractivity contribution in [1.82, 2.24) is 0 Å². The number of likely N-dealkylation sites (N-methyl/N-ethyl adjacent to an activating group) is 1. The van der Waals surface area contributed by atoms with Gasteiger partial charge in [0.25, 0.3) is 0 Å². The minimum Gasteiger partial charge on any atom is -0.544 e. The van der Waals surface area contributed by atoms with Crippen LogP contribution in [0.15, 0.2) is 12.2 Å². The highest BCUT2D eigenvalue weighted by molar-refractivity contribution is 5.70. The molecule has 0 amide bonds. The van der Waals surface area contributed by atoms with Crippen molar-refractivity contribution in [2.24, 2.45) is 0 Å². The molecule has 0 saturated carbocycles. The average Bonchev–Trinajstić information content (AvgIpc) is 3.24. The van der Waals surface area contributed by atoms with Crippen molar-refractivity contribution >= 4 is 17.9 Å². The predicted molar refractivity (Wildman–Crippen MR) is 264 cm³/mol. The van der Waals surface area contributed by atoms with Gasteiger partial charge in [0.1, 0.15) is 12.6 Å². The number of carbonyl (C=O) groups excluding carboxylic acids is 3. The van der Waals surface area contributed by atoms with Crippen LogP contribution in [0.25, 0.3) is 0 Å². The number of esters is 2. The number of allylic oxidation sites excluding steroid dienone is 2. The lowest BCUT2D eigenvalue weighted by Gasteiger charge is -2.34. The van der Waals surface area contributed by atoms with Crippen molar-refractivity contribution in [3.05, 3.63) is 12.2 Å². The van der Waals surface area contributed by atoms with Crippen LogP contribution in [0, 0.1) is 0 Å². The third-order valence-corrected chi connectivity index (χ3v) is 12.7. The van der Waals surface area contributed by atoms with Gasteiger partial charge in [-0.1, -0.05) is 225 Å². The normalized spacial score (nSPS) is 12.8. The molecular weight excluding hydrogens is 787 g/mol. The zero-order valence-corrected chi connectivity index (χ0v) is 42.5. The fourth-order valence-corrected chi connectivity index (χ4v) is 8.42. The van der Waals surface area contributed by atoms with E-state index in [1.165, 1.54) is 199 Å². The minimum atomic E-state index is -1.12. The van der Waals surface area contributed by atoms with Gasteiger partial charge >= 0.3 is 11.9 Å². The zero-order chi connectivity index (χ0) is 46.3. The van der Waals surface area contributed by atoms with Crippen molar-refractivity contribution in [3.8, 4) is 0 Å². The summed E-state index contributed by atoms with van der Waals surface area (Å²) in [5.74, 6) is -1.72. The molecule has 0 aromatic heterocycles. The first-order chi connectivity index (χ1) is 30.6. The summed E-state index contributed by atoms with van der Waals surface area (Å²) < 4.78 is 17.3. The second-order valence-corrected chi connectivity index (χ2v) is 19.8. The van der Waals surface area contributed by atoms with Gasteiger partial charge in [0.05, 0.1) is 40.3 Å². The molecule has 0 radical (unpaired) electrons. The molecule has 372 valence electrons. The van der Waals surface area contributed by atoms with Crippen LogP contribution in [0.2, 0.25) is 0 Å². The molecule has 63 heavy (non-hydrogen) atoms. The molecule has 0 aliphatic carbocycles. The second kappa shape index (κ2) is 46.6. The SMILES string of the molecule is CCCCCCCCCCC/C=C/CCCCCCCCCC(=O)OCC(COCCC(C(=O)[O-])[N+](C)(C)C)OC(=O)CCCCCCCCCCCCCCCCCCCCC. The van der Waals surface area contributed by atoms with Crippen molar-refractivity contribution in [2.45, 2.75) is 283 Å². The maximum Gasteiger partial charge on any atom is 0.306 e. The monoisotopic (exact) mass is 892 g/mol. The Morgan fingerprint density at radius 3 is 1.14 bits per heavy atom. The highest BCUT2D eigenvalue weighted by Gasteiger charge is 2.25. The Hall–Kier alpha value is -1.93. The van der Waals surface area contributed by atoms with Crippen molar-refractivity contribution in [2.75, 3.05) is 41.0 Å². The number of rotatable bonds is 50. The number of carboxylic acids is 1. The van der Waals surface area contributed by atoms with Crippen LogP contribution in [-0.4, -0.2) is 75.5 Å². The van der Waals surface area contributed by atoms with E-state index in [0.717, 1.165) is 38.5 Å². The maximum absolute atomic E-state index is 12.8. The number of quaternary nitrogens is 1. The number of aliphatic carboxylic acids is 1. The van der Waals surface area contributed by atoms with Gasteiger partial charge in [-0.25, -0.2) is 0 Å². The molecule has 0 N–H and O–H groups in total. The van der Waals surface area contributed by atoms with E-state index < -0.39 is 18.1 Å². The number of hydrogen-bond acceptors (Lipinski definition) is 7. The first-order valence-electron chi connectivity index (χ1n) is 27.2. The third-order valence-electron chi connectivity index (χ3n) is 12.7. The smallest absolute Gasteiger partial charge is 0.306 e. The quantitative estimate of drug-likeness (QED) is 0.0259. The molecule has 2 unspecified atom stereocenters. The number of ether oxygens (including phenoxy) is 3. The fourth-order valence-electron chi connectivity index (χ4n) is 8.42. The van der Waals surface area contributed by atoms with Crippen LogP contribution in [0.3, 0.4) is 0 Å². The summed E-state index contributed by atoms with van der Waals surface area (Å²) in [6, 6.07) is -0.723. The van der Waals surface area contributed by atoms with E-state index in [1.54, 1.807) is 0 Å². The molecule has 0 rings (SSSR count). The molecule has 0 aromatic rings. The van der Waals surface area contributed by atoms with Gasteiger partial charge in [0.15, 0.2) is 6.10 Å². The summed E-state index contributed by atoms with van der Waals surface area (Å²) in [6.45, 7) is 4.72. The van der Waals surface area contributed by atoms with E-state index in [0.29, 0.717) is 12.8 Å². The molecule has 0 heterocycles. The van der Waals surface area contributed by atoms with Gasteiger partial charge in [-0.3, -0.25) is 9.59 Å². The number of unbranched alkanes of at least 4 members (excludes halogenated alkanes) is 34. The molecule has 0 fully saturated rings. The predicted octanol–water partition coefficient (Wildman–Crippen LogP) is 14.5. The summed E-state index contributed by atoms with van der Waals surface area (Å²) in [4.78, 5) is 37.1. The standard InChI is InChI=1S/C55H105NO7/c1-6-8-10-12-14-16-18-20-22-24-26-28-29-31-33-35-37-39-41-43-45-53(57)62-50-51(49-61-48-47-52(55(59)60)56(3,4)5)63-54(58)46-44-42-40-38-36-34-32-30-27-25-23-21-19-17-15-13-11-9-7-2/h26,28,51-52H,6-25,27,29-50H2,1-5H3/b28-26+. The van der Waals surface area contributed by atoms with Gasteiger partial charge < -0.3 is 28.6 Å². The highest BCUT2D eigenvalue weighted by atomic mass is 16.6. The first-order valence-corrected chi connectivity index (χ1v) is 27.2. The van der Waals surface area contributed by atoms with Gasteiger partial charge in [-0.2, -0.15) is 0 Å². The number of carbonyl (C=O) groups is 3.